The first-order chi connectivity index (χ1) is 16.0. The third-order valence-electron chi connectivity index (χ3n) is 5.55. The van der Waals surface area contributed by atoms with Crippen molar-refractivity contribution in [3.8, 4) is 5.75 Å². The van der Waals surface area contributed by atoms with Gasteiger partial charge in [0.1, 0.15) is 18.4 Å². The average Bonchev–Trinajstić information content (AvgIpc) is 3.39. The number of aromatic hydroxyl groups is 1. The van der Waals surface area contributed by atoms with E-state index in [1.807, 2.05) is 36.5 Å². The highest BCUT2D eigenvalue weighted by molar-refractivity contribution is 5.85. The van der Waals surface area contributed by atoms with Crippen molar-refractivity contribution in [1.29, 1.82) is 0 Å². The van der Waals surface area contributed by atoms with Crippen molar-refractivity contribution in [3.63, 3.8) is 0 Å². The number of hydrogen-bond acceptors (Lipinski definition) is 6. The van der Waals surface area contributed by atoms with Gasteiger partial charge in [-0.15, -0.1) is 0 Å². The smallest absolute Gasteiger partial charge is 0.413 e. The predicted molar refractivity (Wildman–Crippen MR) is 119 cm³/mol. The van der Waals surface area contributed by atoms with Gasteiger partial charge in [0.2, 0.25) is 5.91 Å². The lowest BCUT2D eigenvalue weighted by molar-refractivity contribution is -0.139. The maximum Gasteiger partial charge on any atom is 0.413 e. The van der Waals surface area contributed by atoms with Crippen molar-refractivity contribution in [1.82, 2.24) is 15.2 Å². The first-order valence-electron chi connectivity index (χ1n) is 10.7. The number of nitrogens with one attached hydrogen (secondary N) is 2. The number of cyclic esters (lactones) is 1. The summed E-state index contributed by atoms with van der Waals surface area (Å²) in [4.78, 5) is 41.1. The molecular formula is C24H25N3O6. The lowest BCUT2D eigenvalue weighted by atomic mass is 10.1. The van der Waals surface area contributed by atoms with Crippen LogP contribution in [0.2, 0.25) is 0 Å². The maximum absolute atomic E-state index is 12.4. The lowest BCUT2D eigenvalue weighted by Gasteiger charge is -2.19. The first-order valence-corrected chi connectivity index (χ1v) is 10.7. The Kier molecular flexibility index (Phi) is 6.77. The second kappa shape index (κ2) is 10.1. The summed E-state index contributed by atoms with van der Waals surface area (Å²) in [6.07, 6.45) is 1.99. The summed E-state index contributed by atoms with van der Waals surface area (Å²) in [6, 6.07) is 13.5. The SMILES string of the molecule is O=C(CC[C@H]1C(=O)OCN1C(=O)OCc1ccccc1)NCCc1c[nH]c2ccc(O)cc12. The third-order valence-corrected chi connectivity index (χ3v) is 5.55. The third kappa shape index (κ3) is 5.43. The quantitative estimate of drug-likeness (QED) is 0.453. The Balaban J connectivity index is 1.23. The largest absolute Gasteiger partial charge is 0.508 e. The number of carbonyl (C=O) groups excluding carboxylic acids is 3. The highest BCUT2D eigenvalue weighted by Gasteiger charge is 2.38. The Bertz CT molecular complexity index is 1140. The molecule has 0 bridgehead atoms. The van der Waals surface area contributed by atoms with Gasteiger partial charge in [0.25, 0.3) is 0 Å². The summed E-state index contributed by atoms with van der Waals surface area (Å²) < 4.78 is 10.3. The van der Waals surface area contributed by atoms with E-state index in [1.165, 1.54) is 4.90 Å². The number of amides is 2. The van der Waals surface area contributed by atoms with Crippen LogP contribution in [0, 0.1) is 0 Å². The van der Waals surface area contributed by atoms with E-state index < -0.39 is 18.1 Å². The second-order valence-corrected chi connectivity index (χ2v) is 7.80. The number of phenolic OH excluding ortho intramolecular Hbond substituents is 1. The molecule has 2 amide bonds. The molecule has 9 heteroatoms. The summed E-state index contributed by atoms with van der Waals surface area (Å²) in [7, 11) is 0. The summed E-state index contributed by atoms with van der Waals surface area (Å²) in [5, 5.41) is 13.4. The Hall–Kier alpha value is -4.01. The van der Waals surface area contributed by atoms with Gasteiger partial charge in [0.15, 0.2) is 6.73 Å². The van der Waals surface area contributed by atoms with Gasteiger partial charge in [-0.1, -0.05) is 30.3 Å². The number of fused-ring (bicyclic) bond motifs is 1. The van der Waals surface area contributed by atoms with E-state index in [0.717, 1.165) is 22.0 Å². The molecule has 0 radical (unpaired) electrons. The van der Waals surface area contributed by atoms with Gasteiger partial charge in [0, 0.05) is 30.1 Å². The zero-order valence-corrected chi connectivity index (χ0v) is 18.0. The number of nitrogens with zero attached hydrogens (tertiary/aromatic N) is 1. The van der Waals surface area contributed by atoms with Crippen LogP contribution < -0.4 is 5.32 Å². The predicted octanol–water partition coefficient (Wildman–Crippen LogP) is 2.83. The fraction of sp³-hybridized carbons (Fsp3) is 0.292. The van der Waals surface area contributed by atoms with Crippen LogP contribution in [0.4, 0.5) is 4.79 Å². The topological polar surface area (TPSA) is 121 Å². The number of carbonyl (C=O) groups is 3. The fourth-order valence-electron chi connectivity index (χ4n) is 3.77. The molecule has 1 aromatic heterocycles. The molecule has 0 saturated carbocycles. The molecular weight excluding hydrogens is 426 g/mol. The summed E-state index contributed by atoms with van der Waals surface area (Å²) in [5.41, 5.74) is 2.72. The Morgan fingerprint density at radius 3 is 2.85 bits per heavy atom. The van der Waals surface area contributed by atoms with E-state index in [9.17, 15) is 19.5 Å². The molecule has 0 spiro atoms. The van der Waals surface area contributed by atoms with E-state index >= 15 is 0 Å². The Morgan fingerprint density at radius 2 is 2.03 bits per heavy atom. The molecule has 1 fully saturated rings. The normalized spacial score (nSPS) is 15.5. The molecule has 9 nitrogen and oxygen atoms in total. The average molecular weight is 451 g/mol. The van der Waals surface area contributed by atoms with Gasteiger partial charge in [-0.2, -0.15) is 0 Å². The summed E-state index contributed by atoms with van der Waals surface area (Å²) >= 11 is 0. The monoisotopic (exact) mass is 451 g/mol. The molecule has 0 aliphatic carbocycles. The van der Waals surface area contributed by atoms with Crippen molar-refractivity contribution < 1.29 is 29.0 Å². The number of aromatic nitrogens is 1. The van der Waals surface area contributed by atoms with Crippen molar-refractivity contribution >= 4 is 28.9 Å². The van der Waals surface area contributed by atoms with Gasteiger partial charge >= 0.3 is 12.1 Å². The van der Waals surface area contributed by atoms with Gasteiger partial charge in [-0.25, -0.2) is 9.59 Å². The number of rotatable bonds is 8. The number of hydrogen-bond donors (Lipinski definition) is 3. The highest BCUT2D eigenvalue weighted by atomic mass is 16.6. The second-order valence-electron chi connectivity index (χ2n) is 7.80. The summed E-state index contributed by atoms with van der Waals surface area (Å²) in [6.45, 7) is 0.300. The van der Waals surface area contributed by atoms with Gasteiger partial charge in [-0.05, 0) is 42.2 Å². The van der Waals surface area contributed by atoms with Crippen LogP contribution in [0.1, 0.15) is 24.0 Å². The summed E-state index contributed by atoms with van der Waals surface area (Å²) in [5.74, 6) is -0.587. The molecule has 2 heterocycles. The Labute approximate surface area is 190 Å². The van der Waals surface area contributed by atoms with Crippen molar-refractivity contribution in [2.75, 3.05) is 13.3 Å². The molecule has 3 N–H and O–H groups in total. The van der Waals surface area contributed by atoms with E-state index in [1.54, 1.807) is 18.2 Å². The van der Waals surface area contributed by atoms with Crippen LogP contribution >= 0.6 is 0 Å². The highest BCUT2D eigenvalue weighted by Crippen LogP contribution is 2.23. The van der Waals surface area contributed by atoms with Gasteiger partial charge in [0.05, 0.1) is 0 Å². The van der Waals surface area contributed by atoms with E-state index in [-0.39, 0.29) is 37.8 Å². The van der Waals surface area contributed by atoms with E-state index in [2.05, 4.69) is 10.3 Å². The van der Waals surface area contributed by atoms with E-state index in [0.29, 0.717) is 13.0 Å². The van der Waals surface area contributed by atoms with Crippen molar-refractivity contribution in [3.05, 3.63) is 65.9 Å². The number of phenols is 1. The van der Waals surface area contributed by atoms with Gasteiger partial charge in [-0.3, -0.25) is 9.69 Å². The Morgan fingerprint density at radius 1 is 1.21 bits per heavy atom. The van der Waals surface area contributed by atoms with Crippen LogP contribution in [-0.2, 0) is 32.1 Å². The van der Waals surface area contributed by atoms with E-state index in [4.69, 9.17) is 9.47 Å². The molecule has 1 aliphatic heterocycles. The standard InChI is InChI=1S/C24H25N3O6/c28-18-6-7-20-19(12-18)17(13-26-20)10-11-25-22(29)9-8-21-23(30)33-15-27(21)24(31)32-14-16-4-2-1-3-5-16/h1-7,12-13,21,26,28H,8-11,14-15H2,(H,25,29)/t21-/m0/s1. The molecule has 4 rings (SSSR count). The number of ether oxygens (including phenoxy) is 2. The molecule has 172 valence electrons. The van der Waals surface area contributed by atoms with Crippen LogP contribution in [-0.4, -0.2) is 52.3 Å². The molecule has 1 atom stereocenters. The first kappa shape index (κ1) is 22.2. The minimum atomic E-state index is -0.851. The minimum absolute atomic E-state index is 0.0664. The zero-order valence-electron chi connectivity index (χ0n) is 18.0. The van der Waals surface area contributed by atoms with Crippen LogP contribution in [0.15, 0.2) is 54.7 Å². The number of aromatic amines is 1. The molecule has 1 saturated heterocycles. The molecule has 1 aliphatic rings. The zero-order chi connectivity index (χ0) is 23.2. The van der Waals surface area contributed by atoms with Gasteiger partial charge < -0.3 is 24.9 Å². The molecule has 2 aromatic carbocycles. The maximum atomic E-state index is 12.4. The van der Waals surface area contributed by atoms with Crippen LogP contribution in [0.25, 0.3) is 10.9 Å². The van der Waals surface area contributed by atoms with Crippen molar-refractivity contribution in [2.45, 2.75) is 31.9 Å². The number of benzene rings is 2. The number of esters is 1. The molecule has 0 unspecified atom stereocenters. The molecule has 3 aromatic rings. The van der Waals surface area contributed by atoms with Crippen LogP contribution in [0.5, 0.6) is 5.75 Å². The van der Waals surface area contributed by atoms with Crippen molar-refractivity contribution in [2.24, 2.45) is 0 Å². The number of H-pyrrole nitrogens is 1. The minimum Gasteiger partial charge on any atom is -0.508 e. The van der Waals surface area contributed by atoms with Crippen LogP contribution in [0.3, 0.4) is 0 Å². The fourth-order valence-corrected chi connectivity index (χ4v) is 3.77. The molecule has 33 heavy (non-hydrogen) atoms. The lowest BCUT2D eigenvalue weighted by Crippen LogP contribution is -2.39.